The maximum atomic E-state index is 3.41. The van der Waals surface area contributed by atoms with Crippen LogP contribution in [0.3, 0.4) is 0 Å². The molecule has 0 fully saturated rings. The number of hydrogen-bond donors (Lipinski definition) is 1. The molecule has 0 atom stereocenters. The molecule has 2 heteroatoms. The molecule has 0 aliphatic heterocycles. The molecule has 13 heavy (non-hydrogen) atoms. The molecule has 0 bridgehead atoms. The Balaban J connectivity index is 2.64. The second-order valence-corrected chi connectivity index (χ2v) is 3.25. The zero-order valence-corrected chi connectivity index (χ0v) is 8.54. The predicted octanol–water partition coefficient (Wildman–Crippen LogP) is 2.03. The van der Waals surface area contributed by atoms with Gasteiger partial charge in [-0.3, -0.25) is 0 Å². The fraction of sp³-hybridized carbons (Fsp3) is 0.273. The summed E-state index contributed by atoms with van der Waals surface area (Å²) < 4.78 is 0. The van der Waals surface area contributed by atoms with Crippen LogP contribution in [0.2, 0.25) is 6.82 Å². The van der Waals surface area contributed by atoms with Gasteiger partial charge in [0.2, 0.25) is 0 Å². The molecule has 1 rings (SSSR count). The first kappa shape index (κ1) is 9.91. The van der Waals surface area contributed by atoms with Gasteiger partial charge in [0.15, 0.2) is 0 Å². The van der Waals surface area contributed by atoms with Crippen molar-refractivity contribution in [3.05, 3.63) is 42.1 Å². The Bertz CT molecular complexity index is 279. The zero-order chi connectivity index (χ0) is 9.68. The zero-order valence-electron chi connectivity index (χ0n) is 8.54. The van der Waals surface area contributed by atoms with Gasteiger partial charge in [-0.2, -0.15) is 0 Å². The second-order valence-electron chi connectivity index (χ2n) is 3.25. The van der Waals surface area contributed by atoms with Gasteiger partial charge < -0.3 is 5.23 Å². The topological polar surface area (TPSA) is 12.0 Å². The number of nitrogens with one attached hydrogen (secondary N) is 1. The predicted molar refractivity (Wildman–Crippen MR) is 60.3 cm³/mol. The van der Waals surface area contributed by atoms with Crippen molar-refractivity contribution in [1.29, 1.82) is 0 Å². The van der Waals surface area contributed by atoms with Crippen molar-refractivity contribution in [2.45, 2.75) is 20.7 Å². The molecule has 0 radical (unpaired) electrons. The van der Waals surface area contributed by atoms with Gasteiger partial charge in [-0.15, -0.1) is 0 Å². The van der Waals surface area contributed by atoms with E-state index in [1.165, 1.54) is 11.2 Å². The minimum absolute atomic E-state index is 0.386. The third-order valence-corrected chi connectivity index (χ3v) is 2.18. The Morgan fingerprint density at radius 3 is 2.46 bits per heavy atom. The van der Waals surface area contributed by atoms with Gasteiger partial charge in [-0.05, 0) is 19.5 Å². The van der Waals surface area contributed by atoms with E-state index in [4.69, 9.17) is 0 Å². The minimum atomic E-state index is 0.386. The highest BCUT2D eigenvalue weighted by Crippen LogP contribution is 1.90. The second kappa shape index (κ2) is 4.75. The summed E-state index contributed by atoms with van der Waals surface area (Å²) in [4.78, 5) is 0. The lowest BCUT2D eigenvalue weighted by atomic mass is 9.58. The molecule has 0 heterocycles. The fourth-order valence-corrected chi connectivity index (χ4v) is 1.25. The first-order valence-electron chi connectivity index (χ1n) is 4.68. The van der Waals surface area contributed by atoms with Crippen LogP contribution in [0.4, 0.5) is 0 Å². The molecule has 1 N–H and O–H groups in total. The number of benzene rings is 1. The molecule has 0 aliphatic rings. The summed E-state index contributed by atoms with van der Waals surface area (Å²) in [5.41, 5.74) is 2.54. The van der Waals surface area contributed by atoms with Crippen molar-refractivity contribution in [3.8, 4) is 0 Å². The van der Waals surface area contributed by atoms with Crippen molar-refractivity contribution in [1.82, 2.24) is 5.23 Å². The molecule has 1 aromatic rings. The van der Waals surface area contributed by atoms with Crippen molar-refractivity contribution in [2.24, 2.45) is 0 Å². The van der Waals surface area contributed by atoms with E-state index >= 15 is 0 Å². The van der Waals surface area contributed by atoms with E-state index in [2.05, 4.69) is 49.3 Å². The largest absolute Gasteiger partial charge is 0.428 e. The fourth-order valence-electron chi connectivity index (χ4n) is 1.25. The lowest BCUT2D eigenvalue weighted by molar-refractivity contribution is 1.14. The Labute approximate surface area is 81.0 Å². The molecular formula is C11H16BN. The summed E-state index contributed by atoms with van der Waals surface area (Å²) in [5, 5.41) is 3.41. The quantitative estimate of drug-likeness (QED) is 0.689. The van der Waals surface area contributed by atoms with Crippen LogP contribution in [-0.4, -0.2) is 6.85 Å². The summed E-state index contributed by atoms with van der Waals surface area (Å²) in [6.45, 7) is 6.68. The van der Waals surface area contributed by atoms with Crippen LogP contribution in [0.1, 0.15) is 13.8 Å². The van der Waals surface area contributed by atoms with Crippen LogP contribution in [0.25, 0.3) is 0 Å². The van der Waals surface area contributed by atoms with Gasteiger partial charge in [-0.1, -0.05) is 48.7 Å². The van der Waals surface area contributed by atoms with Gasteiger partial charge in [0.1, 0.15) is 0 Å². The van der Waals surface area contributed by atoms with Gasteiger partial charge in [0, 0.05) is 0 Å². The molecule has 68 valence electrons. The molecule has 0 spiro atoms. The molecule has 1 aromatic carbocycles. The average Bonchev–Trinajstić information content (AvgIpc) is 2.19. The minimum Gasteiger partial charge on any atom is -0.428 e. The molecule has 0 unspecified atom stereocenters. The van der Waals surface area contributed by atoms with E-state index in [1.54, 1.807) is 0 Å². The third-order valence-electron chi connectivity index (χ3n) is 2.18. The average molecular weight is 173 g/mol. The number of hydrogen-bond acceptors (Lipinski definition) is 1. The monoisotopic (exact) mass is 173 g/mol. The Hall–Kier alpha value is -1.18. The van der Waals surface area contributed by atoms with Crippen LogP contribution in [0, 0.1) is 0 Å². The van der Waals surface area contributed by atoms with Gasteiger partial charge in [0.25, 0.3) is 6.85 Å². The summed E-state index contributed by atoms with van der Waals surface area (Å²) in [6.07, 6.45) is 2.08. The van der Waals surface area contributed by atoms with Crippen molar-refractivity contribution in [2.75, 3.05) is 0 Å². The van der Waals surface area contributed by atoms with Crippen LogP contribution < -0.4 is 10.7 Å². The highest BCUT2D eigenvalue weighted by molar-refractivity contribution is 6.70. The smallest absolute Gasteiger partial charge is 0.282 e. The molecule has 0 amide bonds. The molecule has 0 aliphatic carbocycles. The van der Waals surface area contributed by atoms with E-state index in [9.17, 15) is 0 Å². The molecule has 1 nitrogen and oxygen atoms in total. The summed E-state index contributed by atoms with van der Waals surface area (Å²) >= 11 is 0. The van der Waals surface area contributed by atoms with Crippen LogP contribution >= 0.6 is 0 Å². The first-order chi connectivity index (χ1) is 6.24. The number of allylic oxidation sites excluding steroid dienone is 2. The van der Waals surface area contributed by atoms with Crippen molar-refractivity contribution in [3.63, 3.8) is 0 Å². The van der Waals surface area contributed by atoms with E-state index in [0.29, 0.717) is 6.85 Å². The lowest BCUT2D eigenvalue weighted by Crippen LogP contribution is -2.40. The standard InChI is InChI=1S/C11H16BN/c1-4-10(2)13-12(3)11-8-6-5-7-9-11/h4-9,13H,1-3H3/b10-4+. The van der Waals surface area contributed by atoms with Crippen molar-refractivity contribution < 1.29 is 0 Å². The summed E-state index contributed by atoms with van der Waals surface area (Å²) in [5.74, 6) is 0. The van der Waals surface area contributed by atoms with E-state index < -0.39 is 0 Å². The first-order valence-corrected chi connectivity index (χ1v) is 4.68. The maximum absolute atomic E-state index is 3.41. The van der Waals surface area contributed by atoms with Gasteiger partial charge in [0.05, 0.1) is 0 Å². The number of rotatable bonds is 3. The molecule has 0 saturated heterocycles. The van der Waals surface area contributed by atoms with E-state index in [-0.39, 0.29) is 0 Å². The van der Waals surface area contributed by atoms with Crippen LogP contribution in [-0.2, 0) is 0 Å². The summed E-state index contributed by atoms with van der Waals surface area (Å²) in [7, 11) is 0. The lowest BCUT2D eigenvalue weighted by Gasteiger charge is -2.11. The van der Waals surface area contributed by atoms with Crippen LogP contribution in [0.5, 0.6) is 0 Å². The van der Waals surface area contributed by atoms with Gasteiger partial charge >= 0.3 is 0 Å². The third kappa shape index (κ3) is 2.98. The molecular weight excluding hydrogens is 157 g/mol. The highest BCUT2D eigenvalue weighted by atomic mass is 14.8. The van der Waals surface area contributed by atoms with E-state index in [0.717, 1.165) is 0 Å². The Kier molecular flexibility index (Phi) is 3.62. The molecule has 0 aromatic heterocycles. The summed E-state index contributed by atoms with van der Waals surface area (Å²) in [6, 6.07) is 10.5. The van der Waals surface area contributed by atoms with Gasteiger partial charge in [-0.25, -0.2) is 0 Å². The van der Waals surface area contributed by atoms with Crippen LogP contribution in [0.15, 0.2) is 42.1 Å². The molecule has 0 saturated carbocycles. The Morgan fingerprint density at radius 2 is 1.92 bits per heavy atom. The van der Waals surface area contributed by atoms with E-state index in [1.807, 2.05) is 13.0 Å². The SMILES string of the molecule is C/C=C(\C)NB(C)c1ccccc1. The maximum Gasteiger partial charge on any atom is 0.282 e. The normalized spacial score (nSPS) is 11.2. The Morgan fingerprint density at radius 1 is 1.31 bits per heavy atom. The van der Waals surface area contributed by atoms with Crippen molar-refractivity contribution >= 4 is 12.3 Å². The highest BCUT2D eigenvalue weighted by Gasteiger charge is 2.08.